The van der Waals surface area contributed by atoms with E-state index in [0.717, 1.165) is 17.7 Å². The van der Waals surface area contributed by atoms with Crippen LogP contribution in [0, 0.1) is 0 Å². The van der Waals surface area contributed by atoms with Gasteiger partial charge in [0.05, 0.1) is 4.88 Å². The van der Waals surface area contributed by atoms with E-state index < -0.39 is 0 Å². The molecular formula is C22H21NO4S. The molecule has 1 aliphatic heterocycles. The second-order valence-electron chi connectivity index (χ2n) is 6.42. The van der Waals surface area contributed by atoms with Gasteiger partial charge in [-0.15, -0.1) is 11.3 Å². The van der Waals surface area contributed by atoms with Crippen LogP contribution in [0.25, 0.3) is 0 Å². The van der Waals surface area contributed by atoms with E-state index in [-0.39, 0.29) is 5.91 Å². The molecule has 0 aliphatic carbocycles. The van der Waals surface area contributed by atoms with E-state index >= 15 is 0 Å². The number of anilines is 1. The molecule has 0 bridgehead atoms. The molecule has 5 nitrogen and oxygen atoms in total. The SMILES string of the molecule is CCc1ccc(OCc2csc(C(=O)Nc3ccc4c(c3)OCCO4)c2)cc1. The van der Waals surface area contributed by atoms with Crippen molar-refractivity contribution in [1.29, 1.82) is 0 Å². The van der Waals surface area contributed by atoms with Crippen LogP contribution in [0.5, 0.6) is 17.2 Å². The second kappa shape index (κ2) is 8.35. The van der Waals surface area contributed by atoms with Gasteiger partial charge in [-0.2, -0.15) is 0 Å². The highest BCUT2D eigenvalue weighted by atomic mass is 32.1. The number of benzene rings is 2. The Hall–Kier alpha value is -2.99. The molecule has 1 N–H and O–H groups in total. The number of amides is 1. The first-order chi connectivity index (χ1) is 13.7. The molecule has 2 aromatic carbocycles. The van der Waals surface area contributed by atoms with Crippen LogP contribution in [-0.4, -0.2) is 19.1 Å². The summed E-state index contributed by atoms with van der Waals surface area (Å²) in [6.07, 6.45) is 1.01. The molecule has 0 spiro atoms. The molecule has 0 atom stereocenters. The number of carbonyl (C=O) groups excluding carboxylic acids is 1. The molecule has 0 saturated carbocycles. The zero-order valence-electron chi connectivity index (χ0n) is 15.6. The number of hydrogen-bond acceptors (Lipinski definition) is 5. The van der Waals surface area contributed by atoms with Crippen molar-refractivity contribution in [3.8, 4) is 17.2 Å². The Morgan fingerprint density at radius 2 is 1.82 bits per heavy atom. The summed E-state index contributed by atoms with van der Waals surface area (Å²) in [5.74, 6) is 2.02. The first kappa shape index (κ1) is 18.4. The Balaban J connectivity index is 1.36. The fraction of sp³-hybridized carbons (Fsp3) is 0.227. The topological polar surface area (TPSA) is 56.8 Å². The largest absolute Gasteiger partial charge is 0.489 e. The third-order valence-corrected chi connectivity index (χ3v) is 5.39. The van der Waals surface area contributed by atoms with Crippen molar-refractivity contribution < 1.29 is 19.0 Å². The van der Waals surface area contributed by atoms with E-state index in [0.29, 0.717) is 41.9 Å². The Morgan fingerprint density at radius 1 is 1.04 bits per heavy atom. The minimum atomic E-state index is -0.153. The van der Waals surface area contributed by atoms with Crippen LogP contribution < -0.4 is 19.5 Å². The van der Waals surface area contributed by atoms with E-state index in [1.54, 1.807) is 6.07 Å². The molecule has 4 rings (SSSR count). The van der Waals surface area contributed by atoms with E-state index in [2.05, 4.69) is 24.4 Å². The van der Waals surface area contributed by atoms with Gasteiger partial charge in [0.15, 0.2) is 11.5 Å². The standard InChI is InChI=1S/C22H21NO4S/c1-2-15-3-6-18(7-4-15)27-13-16-11-21(28-14-16)22(24)23-17-5-8-19-20(12-17)26-10-9-25-19/h3-8,11-12,14H,2,9-10,13H2,1H3,(H,23,24). The number of fused-ring (bicyclic) bond motifs is 1. The van der Waals surface area contributed by atoms with Crippen LogP contribution in [0.2, 0.25) is 0 Å². The summed E-state index contributed by atoms with van der Waals surface area (Å²) in [5, 5.41) is 4.85. The number of carbonyl (C=O) groups is 1. The molecule has 1 aromatic heterocycles. The van der Waals surface area contributed by atoms with Crippen molar-refractivity contribution in [3.05, 3.63) is 69.9 Å². The molecule has 1 amide bonds. The normalized spacial score (nSPS) is 12.5. The van der Waals surface area contributed by atoms with Gasteiger partial charge in [-0.05, 0) is 47.7 Å². The van der Waals surface area contributed by atoms with Crippen LogP contribution in [0.3, 0.4) is 0 Å². The number of rotatable bonds is 6. The Kier molecular flexibility index (Phi) is 5.48. The van der Waals surface area contributed by atoms with E-state index in [1.807, 2.05) is 35.7 Å². The summed E-state index contributed by atoms with van der Waals surface area (Å²) in [6.45, 7) is 3.61. The maximum atomic E-state index is 12.5. The summed E-state index contributed by atoms with van der Waals surface area (Å²) in [6, 6.07) is 15.3. The summed E-state index contributed by atoms with van der Waals surface area (Å²) in [7, 11) is 0. The zero-order valence-corrected chi connectivity index (χ0v) is 16.4. The van der Waals surface area contributed by atoms with Gasteiger partial charge in [0.2, 0.25) is 0 Å². The van der Waals surface area contributed by atoms with Crippen LogP contribution >= 0.6 is 11.3 Å². The smallest absolute Gasteiger partial charge is 0.265 e. The molecule has 2 heterocycles. The van der Waals surface area contributed by atoms with Gasteiger partial charge in [-0.3, -0.25) is 4.79 Å². The van der Waals surface area contributed by atoms with Gasteiger partial charge < -0.3 is 19.5 Å². The Morgan fingerprint density at radius 3 is 2.61 bits per heavy atom. The highest BCUT2D eigenvalue weighted by molar-refractivity contribution is 7.12. The third-order valence-electron chi connectivity index (χ3n) is 4.41. The van der Waals surface area contributed by atoms with Gasteiger partial charge in [-0.1, -0.05) is 19.1 Å². The second-order valence-corrected chi connectivity index (χ2v) is 7.33. The molecule has 144 valence electrons. The first-order valence-electron chi connectivity index (χ1n) is 9.21. The minimum absolute atomic E-state index is 0.153. The number of thiophene rings is 1. The highest BCUT2D eigenvalue weighted by Crippen LogP contribution is 2.33. The number of hydrogen-bond donors (Lipinski definition) is 1. The summed E-state index contributed by atoms with van der Waals surface area (Å²) >= 11 is 1.40. The highest BCUT2D eigenvalue weighted by Gasteiger charge is 2.14. The molecule has 0 fully saturated rings. The molecule has 0 unspecified atom stereocenters. The molecule has 3 aromatic rings. The fourth-order valence-electron chi connectivity index (χ4n) is 2.87. The zero-order chi connectivity index (χ0) is 19.3. The first-order valence-corrected chi connectivity index (χ1v) is 10.1. The Bertz CT molecular complexity index is 965. The van der Waals surface area contributed by atoms with Crippen molar-refractivity contribution in [2.45, 2.75) is 20.0 Å². The molecule has 1 aliphatic rings. The summed E-state index contributed by atoms with van der Waals surface area (Å²) in [5.41, 5.74) is 2.93. The van der Waals surface area contributed by atoms with Crippen LogP contribution in [0.4, 0.5) is 5.69 Å². The fourth-order valence-corrected chi connectivity index (χ4v) is 3.66. The lowest BCUT2D eigenvalue weighted by Crippen LogP contribution is -2.16. The summed E-state index contributed by atoms with van der Waals surface area (Å²) < 4.78 is 16.9. The average Bonchev–Trinajstić information content (AvgIpc) is 3.22. The van der Waals surface area contributed by atoms with E-state index in [1.165, 1.54) is 16.9 Å². The molecular weight excluding hydrogens is 374 g/mol. The van der Waals surface area contributed by atoms with Crippen molar-refractivity contribution in [2.75, 3.05) is 18.5 Å². The van der Waals surface area contributed by atoms with Crippen molar-refractivity contribution in [3.63, 3.8) is 0 Å². The van der Waals surface area contributed by atoms with Gasteiger partial charge in [0.25, 0.3) is 5.91 Å². The van der Waals surface area contributed by atoms with Crippen molar-refractivity contribution >= 4 is 22.9 Å². The van der Waals surface area contributed by atoms with E-state index in [4.69, 9.17) is 14.2 Å². The lowest BCUT2D eigenvalue weighted by Gasteiger charge is -2.18. The predicted octanol–water partition coefficient (Wildman–Crippen LogP) is 4.91. The number of aryl methyl sites for hydroxylation is 1. The van der Waals surface area contributed by atoms with Crippen LogP contribution in [-0.2, 0) is 13.0 Å². The van der Waals surface area contributed by atoms with Crippen molar-refractivity contribution in [1.82, 2.24) is 0 Å². The number of nitrogens with one attached hydrogen (secondary N) is 1. The van der Waals surface area contributed by atoms with Gasteiger partial charge in [-0.25, -0.2) is 0 Å². The quantitative estimate of drug-likeness (QED) is 0.644. The maximum Gasteiger partial charge on any atom is 0.265 e. The Labute approximate surface area is 167 Å². The third kappa shape index (κ3) is 4.28. The summed E-state index contributed by atoms with van der Waals surface area (Å²) in [4.78, 5) is 13.2. The van der Waals surface area contributed by atoms with Gasteiger partial charge >= 0.3 is 0 Å². The van der Waals surface area contributed by atoms with Crippen LogP contribution in [0.1, 0.15) is 27.7 Å². The van der Waals surface area contributed by atoms with Gasteiger partial charge in [0, 0.05) is 17.3 Å². The van der Waals surface area contributed by atoms with E-state index in [9.17, 15) is 4.79 Å². The predicted molar refractivity (Wildman–Crippen MR) is 110 cm³/mol. The van der Waals surface area contributed by atoms with Crippen LogP contribution in [0.15, 0.2) is 53.9 Å². The average molecular weight is 395 g/mol. The van der Waals surface area contributed by atoms with Gasteiger partial charge in [0.1, 0.15) is 25.6 Å². The lowest BCUT2D eigenvalue weighted by atomic mass is 10.2. The molecule has 28 heavy (non-hydrogen) atoms. The maximum absolute atomic E-state index is 12.5. The van der Waals surface area contributed by atoms with Crippen molar-refractivity contribution in [2.24, 2.45) is 0 Å². The monoisotopic (exact) mass is 395 g/mol. The molecule has 0 radical (unpaired) electrons. The number of ether oxygens (including phenoxy) is 3. The molecule has 0 saturated heterocycles. The lowest BCUT2D eigenvalue weighted by molar-refractivity contribution is 0.103. The minimum Gasteiger partial charge on any atom is -0.489 e. The molecule has 6 heteroatoms.